The molecule has 1 aromatic carbocycles. The Morgan fingerprint density at radius 2 is 1.88 bits per heavy atom. The summed E-state index contributed by atoms with van der Waals surface area (Å²) in [7, 11) is 0. The normalized spacial score (nSPS) is 14.8. The Kier molecular flexibility index (Phi) is 5.46. The zero-order valence-corrected chi connectivity index (χ0v) is 11.5. The molecule has 0 saturated carbocycles. The summed E-state index contributed by atoms with van der Waals surface area (Å²) in [6.07, 6.45) is 1.95. The van der Waals surface area contributed by atoms with E-state index >= 15 is 0 Å². The molecule has 0 radical (unpaired) electrons. The summed E-state index contributed by atoms with van der Waals surface area (Å²) in [5.41, 5.74) is 0.852. The zero-order valence-electron chi connectivity index (χ0n) is 9.96. The number of hydrogen-bond donors (Lipinski definition) is 2. The van der Waals surface area contributed by atoms with Gasteiger partial charge in [-0.25, -0.2) is 0 Å². The quantitative estimate of drug-likeness (QED) is 0.842. The fraction of sp³-hybridized carbons (Fsp3) is 0.538. The van der Waals surface area contributed by atoms with Crippen molar-refractivity contribution in [3.05, 3.63) is 34.3 Å². The first-order valence-electron chi connectivity index (χ1n) is 5.80. The number of aliphatic hydroxyl groups is 1. The van der Waals surface area contributed by atoms with E-state index < -0.39 is 0 Å². The Morgan fingerprint density at radius 1 is 1.25 bits per heavy atom. The van der Waals surface area contributed by atoms with E-state index in [1.54, 1.807) is 0 Å². The molecule has 2 N–H and O–H groups in total. The van der Waals surface area contributed by atoms with Crippen molar-refractivity contribution < 1.29 is 5.11 Å². The van der Waals surface area contributed by atoms with Gasteiger partial charge in [-0.2, -0.15) is 0 Å². The van der Waals surface area contributed by atoms with Gasteiger partial charge in [0, 0.05) is 4.47 Å². The molecule has 1 aromatic rings. The van der Waals surface area contributed by atoms with E-state index in [2.05, 4.69) is 47.2 Å². The van der Waals surface area contributed by atoms with Gasteiger partial charge in [0.15, 0.2) is 0 Å². The molecular formula is C13H20BrNO. The SMILES string of the molecule is CCCNC(CC)(CO)c1ccc(Br)cc1. The van der Waals surface area contributed by atoms with Crippen molar-refractivity contribution in [1.29, 1.82) is 0 Å². The predicted octanol–water partition coefficient (Wildman–Crippen LogP) is 3.05. The molecule has 1 unspecified atom stereocenters. The van der Waals surface area contributed by atoms with Crippen molar-refractivity contribution in [2.75, 3.05) is 13.2 Å². The summed E-state index contributed by atoms with van der Waals surface area (Å²) >= 11 is 3.43. The van der Waals surface area contributed by atoms with E-state index in [1.165, 1.54) is 0 Å². The monoisotopic (exact) mass is 285 g/mol. The second-order valence-electron chi connectivity index (χ2n) is 4.03. The van der Waals surface area contributed by atoms with Crippen LogP contribution in [0.5, 0.6) is 0 Å². The topological polar surface area (TPSA) is 32.3 Å². The maximum Gasteiger partial charge on any atom is 0.0666 e. The van der Waals surface area contributed by atoms with Gasteiger partial charge in [-0.05, 0) is 37.1 Å². The Bertz CT molecular complexity index is 306. The molecule has 0 heterocycles. The van der Waals surface area contributed by atoms with Gasteiger partial charge in [-0.3, -0.25) is 0 Å². The minimum absolute atomic E-state index is 0.130. The first-order chi connectivity index (χ1) is 7.68. The molecule has 90 valence electrons. The minimum atomic E-state index is -0.295. The molecule has 1 rings (SSSR count). The summed E-state index contributed by atoms with van der Waals surface area (Å²) in [6.45, 7) is 5.28. The Morgan fingerprint density at radius 3 is 2.31 bits per heavy atom. The number of halogens is 1. The summed E-state index contributed by atoms with van der Waals surface area (Å²) in [5, 5.41) is 13.1. The van der Waals surface area contributed by atoms with Crippen LogP contribution in [-0.2, 0) is 5.54 Å². The lowest BCUT2D eigenvalue weighted by Gasteiger charge is -2.32. The second-order valence-corrected chi connectivity index (χ2v) is 4.94. The highest BCUT2D eigenvalue weighted by Crippen LogP contribution is 2.26. The Labute approximate surface area is 106 Å². The fourth-order valence-electron chi connectivity index (χ4n) is 1.82. The van der Waals surface area contributed by atoms with E-state index in [-0.39, 0.29) is 12.1 Å². The summed E-state index contributed by atoms with van der Waals surface area (Å²) in [5.74, 6) is 0. The molecule has 0 fully saturated rings. The highest BCUT2D eigenvalue weighted by atomic mass is 79.9. The third-order valence-corrected chi connectivity index (χ3v) is 3.51. The van der Waals surface area contributed by atoms with Gasteiger partial charge in [0.05, 0.1) is 12.1 Å². The van der Waals surface area contributed by atoms with E-state index in [4.69, 9.17) is 0 Å². The first-order valence-corrected chi connectivity index (χ1v) is 6.59. The smallest absolute Gasteiger partial charge is 0.0666 e. The van der Waals surface area contributed by atoms with Crippen LogP contribution in [0.25, 0.3) is 0 Å². The lowest BCUT2D eigenvalue weighted by molar-refractivity contribution is 0.156. The third-order valence-electron chi connectivity index (χ3n) is 2.98. The maximum absolute atomic E-state index is 9.65. The van der Waals surface area contributed by atoms with Crippen LogP contribution < -0.4 is 5.32 Å². The number of benzene rings is 1. The summed E-state index contributed by atoms with van der Waals surface area (Å²) in [4.78, 5) is 0. The highest BCUT2D eigenvalue weighted by molar-refractivity contribution is 9.10. The molecule has 0 aliphatic heterocycles. The van der Waals surface area contributed by atoms with Crippen molar-refractivity contribution in [2.24, 2.45) is 0 Å². The van der Waals surface area contributed by atoms with Gasteiger partial charge in [0.25, 0.3) is 0 Å². The predicted molar refractivity (Wildman–Crippen MR) is 71.5 cm³/mol. The molecule has 3 heteroatoms. The van der Waals surface area contributed by atoms with Crippen molar-refractivity contribution in [3.63, 3.8) is 0 Å². The van der Waals surface area contributed by atoms with Gasteiger partial charge in [-0.15, -0.1) is 0 Å². The van der Waals surface area contributed by atoms with Crippen LogP contribution in [0.1, 0.15) is 32.3 Å². The van der Waals surface area contributed by atoms with Crippen LogP contribution in [0.3, 0.4) is 0 Å². The average Bonchev–Trinajstić information content (AvgIpc) is 2.33. The van der Waals surface area contributed by atoms with Crippen molar-refractivity contribution >= 4 is 15.9 Å². The van der Waals surface area contributed by atoms with Crippen LogP contribution in [0, 0.1) is 0 Å². The largest absolute Gasteiger partial charge is 0.394 e. The molecule has 1 atom stereocenters. The van der Waals surface area contributed by atoms with Gasteiger partial charge in [-0.1, -0.05) is 41.9 Å². The number of hydrogen-bond acceptors (Lipinski definition) is 2. The second kappa shape index (κ2) is 6.38. The minimum Gasteiger partial charge on any atom is -0.394 e. The number of rotatable bonds is 6. The zero-order chi connectivity index (χ0) is 12.0. The third kappa shape index (κ3) is 3.06. The maximum atomic E-state index is 9.65. The van der Waals surface area contributed by atoms with Gasteiger partial charge in [0.2, 0.25) is 0 Å². The molecule has 0 aliphatic carbocycles. The Hall–Kier alpha value is -0.380. The van der Waals surface area contributed by atoms with E-state index in [9.17, 15) is 5.11 Å². The molecule has 0 amide bonds. The van der Waals surface area contributed by atoms with Gasteiger partial charge in [0.1, 0.15) is 0 Å². The molecule has 0 bridgehead atoms. The highest BCUT2D eigenvalue weighted by Gasteiger charge is 2.28. The standard InChI is InChI=1S/C13H20BrNO/c1-3-9-15-13(4-2,10-16)11-5-7-12(14)8-6-11/h5-8,15-16H,3-4,9-10H2,1-2H3. The van der Waals surface area contributed by atoms with Crippen molar-refractivity contribution in [2.45, 2.75) is 32.2 Å². The summed E-state index contributed by atoms with van der Waals surface area (Å²) in [6, 6.07) is 8.16. The van der Waals surface area contributed by atoms with Crippen molar-refractivity contribution in [3.8, 4) is 0 Å². The van der Waals surface area contributed by atoms with Gasteiger partial charge < -0.3 is 10.4 Å². The van der Waals surface area contributed by atoms with Crippen LogP contribution in [0.4, 0.5) is 0 Å². The number of nitrogens with one attached hydrogen (secondary N) is 1. The van der Waals surface area contributed by atoms with Crippen LogP contribution in [-0.4, -0.2) is 18.3 Å². The molecule has 0 saturated heterocycles. The van der Waals surface area contributed by atoms with E-state index in [0.29, 0.717) is 0 Å². The van der Waals surface area contributed by atoms with Crippen molar-refractivity contribution in [1.82, 2.24) is 5.32 Å². The molecular weight excluding hydrogens is 266 g/mol. The molecule has 0 spiro atoms. The van der Waals surface area contributed by atoms with Crippen LogP contribution >= 0.6 is 15.9 Å². The number of aliphatic hydroxyl groups excluding tert-OH is 1. The molecule has 0 aromatic heterocycles. The molecule has 0 aliphatic rings. The fourth-order valence-corrected chi connectivity index (χ4v) is 2.09. The molecule has 2 nitrogen and oxygen atoms in total. The van der Waals surface area contributed by atoms with Crippen LogP contribution in [0.15, 0.2) is 28.7 Å². The molecule has 16 heavy (non-hydrogen) atoms. The van der Waals surface area contributed by atoms with Gasteiger partial charge >= 0.3 is 0 Å². The first kappa shape index (κ1) is 13.7. The van der Waals surface area contributed by atoms with Crippen LogP contribution in [0.2, 0.25) is 0 Å². The lowest BCUT2D eigenvalue weighted by atomic mass is 9.88. The Balaban J connectivity index is 2.95. The van der Waals surface area contributed by atoms with E-state index in [1.807, 2.05) is 12.1 Å². The lowest BCUT2D eigenvalue weighted by Crippen LogP contribution is -2.45. The summed E-state index contributed by atoms with van der Waals surface area (Å²) < 4.78 is 1.06. The van der Waals surface area contributed by atoms with E-state index in [0.717, 1.165) is 29.4 Å². The average molecular weight is 286 g/mol.